The molecule has 1 aliphatic rings. The Morgan fingerprint density at radius 2 is 1.94 bits per heavy atom. The fourth-order valence-electron chi connectivity index (χ4n) is 1.90. The van der Waals surface area contributed by atoms with Crippen LogP contribution in [0, 0.1) is 0 Å². The standard InChI is InChI=1S/C14H19NO2/c15-10-6-13(16)12-3-1-11(2-4-12)5-7-14(17)8-9-14/h1-4,17H,5-10,15H2. The van der Waals surface area contributed by atoms with Gasteiger partial charge in [-0.25, -0.2) is 0 Å². The molecule has 0 saturated heterocycles. The van der Waals surface area contributed by atoms with E-state index in [1.54, 1.807) is 0 Å². The van der Waals surface area contributed by atoms with Gasteiger partial charge in [-0.05, 0) is 37.8 Å². The minimum Gasteiger partial charge on any atom is -0.390 e. The maximum absolute atomic E-state index is 11.6. The van der Waals surface area contributed by atoms with E-state index in [2.05, 4.69) is 0 Å². The van der Waals surface area contributed by atoms with Gasteiger partial charge in [0.1, 0.15) is 0 Å². The van der Waals surface area contributed by atoms with E-state index in [4.69, 9.17) is 5.73 Å². The molecule has 0 aromatic heterocycles. The van der Waals surface area contributed by atoms with Crippen LogP contribution in [0.25, 0.3) is 0 Å². The quantitative estimate of drug-likeness (QED) is 0.735. The van der Waals surface area contributed by atoms with Crippen molar-refractivity contribution in [1.29, 1.82) is 0 Å². The Morgan fingerprint density at radius 1 is 1.29 bits per heavy atom. The van der Waals surface area contributed by atoms with Crippen molar-refractivity contribution in [2.75, 3.05) is 6.54 Å². The zero-order valence-corrected chi connectivity index (χ0v) is 9.98. The summed E-state index contributed by atoms with van der Waals surface area (Å²) in [5, 5.41) is 9.73. The number of carbonyl (C=O) groups is 1. The van der Waals surface area contributed by atoms with Gasteiger partial charge in [-0.2, -0.15) is 0 Å². The average molecular weight is 233 g/mol. The number of hydrogen-bond donors (Lipinski definition) is 2. The molecule has 1 fully saturated rings. The van der Waals surface area contributed by atoms with Crippen LogP contribution in [0.4, 0.5) is 0 Å². The Hall–Kier alpha value is -1.19. The fraction of sp³-hybridized carbons (Fsp3) is 0.500. The highest BCUT2D eigenvalue weighted by Gasteiger charge is 2.39. The number of Topliss-reactive ketones (excluding diaryl/α,β-unsaturated/α-hetero) is 1. The Morgan fingerprint density at radius 3 is 2.47 bits per heavy atom. The lowest BCUT2D eigenvalue weighted by molar-refractivity contribution is 0.0985. The van der Waals surface area contributed by atoms with E-state index in [-0.39, 0.29) is 5.78 Å². The maximum atomic E-state index is 11.6. The lowest BCUT2D eigenvalue weighted by Gasteiger charge is -2.07. The molecule has 3 nitrogen and oxygen atoms in total. The zero-order valence-electron chi connectivity index (χ0n) is 9.98. The molecule has 0 radical (unpaired) electrons. The summed E-state index contributed by atoms with van der Waals surface area (Å²) in [6.45, 7) is 0.396. The molecule has 0 atom stereocenters. The van der Waals surface area contributed by atoms with Crippen LogP contribution >= 0.6 is 0 Å². The molecule has 3 heteroatoms. The fourth-order valence-corrected chi connectivity index (χ4v) is 1.90. The van der Waals surface area contributed by atoms with Crippen LogP contribution in [0.1, 0.15) is 41.6 Å². The lowest BCUT2D eigenvalue weighted by atomic mass is 10.0. The van der Waals surface area contributed by atoms with Gasteiger partial charge in [-0.15, -0.1) is 0 Å². The third-order valence-electron chi connectivity index (χ3n) is 3.35. The van der Waals surface area contributed by atoms with Crippen molar-refractivity contribution in [2.45, 2.75) is 37.7 Å². The molecular weight excluding hydrogens is 214 g/mol. The van der Waals surface area contributed by atoms with E-state index in [0.717, 1.165) is 31.2 Å². The van der Waals surface area contributed by atoms with Crippen molar-refractivity contribution < 1.29 is 9.90 Å². The Labute approximate surface area is 102 Å². The SMILES string of the molecule is NCCC(=O)c1ccc(CCC2(O)CC2)cc1. The summed E-state index contributed by atoms with van der Waals surface area (Å²) in [5.41, 5.74) is 6.86. The second-order valence-corrected chi connectivity index (χ2v) is 4.88. The molecule has 1 aromatic rings. The van der Waals surface area contributed by atoms with E-state index >= 15 is 0 Å². The molecule has 0 heterocycles. The van der Waals surface area contributed by atoms with Crippen LogP contribution in [0.15, 0.2) is 24.3 Å². The van der Waals surface area contributed by atoms with Crippen LogP contribution in [0.3, 0.4) is 0 Å². The number of ketones is 1. The van der Waals surface area contributed by atoms with Gasteiger partial charge in [0.25, 0.3) is 0 Å². The minimum absolute atomic E-state index is 0.0971. The van der Waals surface area contributed by atoms with Crippen molar-refractivity contribution in [3.63, 3.8) is 0 Å². The molecule has 1 aromatic carbocycles. The average Bonchev–Trinajstić information content (AvgIpc) is 3.06. The number of aryl methyl sites for hydroxylation is 1. The topological polar surface area (TPSA) is 63.3 Å². The molecule has 0 amide bonds. The van der Waals surface area contributed by atoms with Crippen LogP contribution in [0.5, 0.6) is 0 Å². The first kappa shape index (κ1) is 12.3. The summed E-state index contributed by atoms with van der Waals surface area (Å²) in [5.74, 6) is 0.0971. The summed E-state index contributed by atoms with van der Waals surface area (Å²) in [6.07, 6.45) is 3.96. The van der Waals surface area contributed by atoms with Gasteiger partial charge in [0.15, 0.2) is 5.78 Å². The van der Waals surface area contributed by atoms with E-state index in [0.29, 0.717) is 13.0 Å². The van der Waals surface area contributed by atoms with Gasteiger partial charge < -0.3 is 10.8 Å². The van der Waals surface area contributed by atoms with Gasteiger partial charge >= 0.3 is 0 Å². The van der Waals surface area contributed by atoms with E-state index in [9.17, 15) is 9.90 Å². The second-order valence-electron chi connectivity index (χ2n) is 4.88. The molecule has 1 aliphatic carbocycles. The van der Waals surface area contributed by atoms with Gasteiger partial charge in [-0.3, -0.25) is 4.79 Å². The normalized spacial score (nSPS) is 16.8. The lowest BCUT2D eigenvalue weighted by Crippen LogP contribution is -2.09. The van der Waals surface area contributed by atoms with Gasteiger partial charge in [0.05, 0.1) is 5.60 Å². The highest BCUT2D eigenvalue weighted by Crippen LogP contribution is 2.39. The first-order valence-corrected chi connectivity index (χ1v) is 6.18. The van der Waals surface area contributed by atoms with Crippen LogP contribution < -0.4 is 5.73 Å². The number of aliphatic hydroxyl groups is 1. The van der Waals surface area contributed by atoms with E-state index in [1.807, 2.05) is 24.3 Å². The molecule has 0 unspecified atom stereocenters. The zero-order chi connectivity index (χ0) is 12.3. The first-order valence-electron chi connectivity index (χ1n) is 6.18. The monoisotopic (exact) mass is 233 g/mol. The first-order chi connectivity index (χ1) is 8.13. The highest BCUT2D eigenvalue weighted by atomic mass is 16.3. The molecule has 2 rings (SSSR count). The van der Waals surface area contributed by atoms with Crippen molar-refractivity contribution >= 4 is 5.78 Å². The summed E-state index contributed by atoms with van der Waals surface area (Å²) < 4.78 is 0. The van der Waals surface area contributed by atoms with Gasteiger partial charge in [0, 0.05) is 12.0 Å². The molecule has 17 heavy (non-hydrogen) atoms. The van der Waals surface area contributed by atoms with Crippen molar-refractivity contribution in [3.05, 3.63) is 35.4 Å². The third kappa shape index (κ3) is 3.38. The van der Waals surface area contributed by atoms with Gasteiger partial charge in [0.2, 0.25) is 0 Å². The Bertz CT molecular complexity index is 393. The Kier molecular flexibility index (Phi) is 3.60. The molecular formula is C14H19NO2. The number of benzene rings is 1. The predicted molar refractivity (Wildman–Crippen MR) is 66.9 cm³/mol. The van der Waals surface area contributed by atoms with E-state index in [1.165, 1.54) is 5.56 Å². The summed E-state index contributed by atoms with van der Waals surface area (Å²) in [7, 11) is 0. The summed E-state index contributed by atoms with van der Waals surface area (Å²) in [4.78, 5) is 11.6. The summed E-state index contributed by atoms with van der Waals surface area (Å²) in [6, 6.07) is 7.64. The maximum Gasteiger partial charge on any atom is 0.164 e. The van der Waals surface area contributed by atoms with E-state index < -0.39 is 5.60 Å². The molecule has 0 spiro atoms. The molecule has 1 saturated carbocycles. The van der Waals surface area contributed by atoms with Crippen molar-refractivity contribution in [1.82, 2.24) is 0 Å². The van der Waals surface area contributed by atoms with Crippen molar-refractivity contribution in [3.8, 4) is 0 Å². The van der Waals surface area contributed by atoms with Crippen LogP contribution in [-0.4, -0.2) is 23.0 Å². The van der Waals surface area contributed by atoms with Gasteiger partial charge in [-0.1, -0.05) is 24.3 Å². The predicted octanol–water partition coefficient (Wildman–Crippen LogP) is 1.68. The molecule has 92 valence electrons. The number of hydrogen-bond acceptors (Lipinski definition) is 3. The highest BCUT2D eigenvalue weighted by molar-refractivity contribution is 5.96. The summed E-state index contributed by atoms with van der Waals surface area (Å²) >= 11 is 0. The molecule has 0 aliphatic heterocycles. The third-order valence-corrected chi connectivity index (χ3v) is 3.35. The van der Waals surface area contributed by atoms with Crippen molar-refractivity contribution in [2.24, 2.45) is 5.73 Å². The Balaban J connectivity index is 1.90. The number of rotatable bonds is 6. The molecule has 0 bridgehead atoms. The molecule has 3 N–H and O–H groups in total. The second kappa shape index (κ2) is 4.98. The number of nitrogens with two attached hydrogens (primary N) is 1. The number of carbonyl (C=O) groups excluding carboxylic acids is 1. The minimum atomic E-state index is -0.395. The van der Waals surface area contributed by atoms with Crippen LogP contribution in [-0.2, 0) is 6.42 Å². The smallest absolute Gasteiger partial charge is 0.164 e. The largest absolute Gasteiger partial charge is 0.390 e. The van der Waals surface area contributed by atoms with Crippen LogP contribution in [0.2, 0.25) is 0 Å².